The van der Waals surface area contributed by atoms with Gasteiger partial charge in [-0.05, 0) is 102 Å². The fraction of sp³-hybridized carbons (Fsp3) is 0.727. The first-order chi connectivity index (χ1) is 23.1. The highest BCUT2D eigenvalue weighted by molar-refractivity contribution is 5.46. The van der Waals surface area contributed by atoms with Crippen molar-refractivity contribution in [2.75, 3.05) is 20.6 Å². The van der Waals surface area contributed by atoms with E-state index in [4.69, 9.17) is 9.47 Å². The first kappa shape index (κ1) is 41.2. The molecule has 3 nitrogen and oxygen atoms in total. The second-order valence-corrected chi connectivity index (χ2v) is 14.4. The van der Waals surface area contributed by atoms with Crippen LogP contribution in [0.2, 0.25) is 0 Å². The molecule has 0 bridgehead atoms. The van der Waals surface area contributed by atoms with Crippen molar-refractivity contribution in [1.82, 2.24) is 4.90 Å². The molecule has 1 aromatic rings. The van der Waals surface area contributed by atoms with Gasteiger partial charge in [-0.3, -0.25) is 0 Å². The van der Waals surface area contributed by atoms with Crippen molar-refractivity contribution in [1.29, 1.82) is 0 Å². The lowest BCUT2D eigenvalue weighted by molar-refractivity contribution is -0.0949. The first-order valence-corrected chi connectivity index (χ1v) is 20.2. The van der Waals surface area contributed by atoms with E-state index in [-0.39, 0.29) is 0 Å². The van der Waals surface area contributed by atoms with E-state index >= 15 is 0 Å². The molecule has 1 aliphatic heterocycles. The summed E-state index contributed by atoms with van der Waals surface area (Å²) in [5, 5.41) is 0. The predicted molar refractivity (Wildman–Crippen MR) is 207 cm³/mol. The second-order valence-electron chi connectivity index (χ2n) is 14.4. The van der Waals surface area contributed by atoms with Crippen LogP contribution in [-0.4, -0.2) is 31.3 Å². The molecule has 0 fully saturated rings. The van der Waals surface area contributed by atoms with Crippen LogP contribution in [0.5, 0.6) is 11.5 Å². The van der Waals surface area contributed by atoms with Crippen LogP contribution in [0.15, 0.2) is 54.7 Å². The third kappa shape index (κ3) is 20.9. The van der Waals surface area contributed by atoms with Crippen molar-refractivity contribution in [3.05, 3.63) is 60.2 Å². The summed E-state index contributed by atoms with van der Waals surface area (Å²) in [7, 11) is 4.27. The maximum absolute atomic E-state index is 6.72. The van der Waals surface area contributed by atoms with E-state index in [0.29, 0.717) is 0 Å². The largest absolute Gasteiger partial charge is 0.448 e. The lowest BCUT2D eigenvalue weighted by atomic mass is 9.98. The van der Waals surface area contributed by atoms with E-state index in [9.17, 15) is 0 Å². The Hall–Kier alpha value is -2.00. The van der Waals surface area contributed by atoms with Crippen molar-refractivity contribution < 1.29 is 9.47 Å². The van der Waals surface area contributed by atoms with E-state index in [1.807, 2.05) is 0 Å². The van der Waals surface area contributed by atoms with Crippen LogP contribution in [0, 0.1) is 0 Å². The van der Waals surface area contributed by atoms with Gasteiger partial charge in [-0.2, -0.15) is 0 Å². The normalized spacial score (nSPS) is 16.2. The Balaban J connectivity index is 1.68. The molecule has 0 spiro atoms. The summed E-state index contributed by atoms with van der Waals surface area (Å²) in [5.74, 6) is 1.43. The Kier molecular flexibility index (Phi) is 24.4. The SMILES string of the molecule is CCCC/C=C/C/C=C/CCCCCCCC1(CCCCCCCC/C=C\CCCCCCC)Oc2ccc(CCN(C)C)cc2O1. The number of unbranched alkanes of at least 4 members (excludes halogenated alkanes) is 18. The monoisotopic (exact) mass is 650 g/mol. The molecule has 0 radical (unpaired) electrons. The van der Waals surface area contributed by atoms with Gasteiger partial charge in [0.15, 0.2) is 11.5 Å². The van der Waals surface area contributed by atoms with Crippen LogP contribution >= 0.6 is 0 Å². The number of rotatable bonds is 31. The van der Waals surface area contributed by atoms with E-state index in [1.54, 1.807) is 0 Å². The highest BCUT2D eigenvalue weighted by Gasteiger charge is 2.40. The van der Waals surface area contributed by atoms with Gasteiger partial charge >= 0.3 is 0 Å². The summed E-state index contributed by atoms with van der Waals surface area (Å²) in [6, 6.07) is 6.61. The minimum absolute atomic E-state index is 0.475. The van der Waals surface area contributed by atoms with Gasteiger partial charge in [-0.15, -0.1) is 0 Å². The van der Waals surface area contributed by atoms with Crippen molar-refractivity contribution in [2.45, 2.75) is 187 Å². The minimum Gasteiger partial charge on any atom is -0.448 e. The maximum atomic E-state index is 6.72. The summed E-state index contributed by atoms with van der Waals surface area (Å²) in [6.07, 6.45) is 46.9. The molecule has 0 saturated heterocycles. The number of nitrogens with zero attached hydrogens (tertiary/aromatic N) is 1. The van der Waals surface area contributed by atoms with E-state index in [0.717, 1.165) is 43.7 Å². The lowest BCUT2D eigenvalue weighted by Gasteiger charge is -2.28. The maximum Gasteiger partial charge on any atom is 0.251 e. The molecule has 0 amide bonds. The average Bonchev–Trinajstić information content (AvgIpc) is 3.43. The molecule has 47 heavy (non-hydrogen) atoms. The van der Waals surface area contributed by atoms with Gasteiger partial charge in [0.1, 0.15) is 0 Å². The number of ether oxygens (including phenoxy) is 2. The molecule has 0 saturated carbocycles. The predicted octanol–water partition coefficient (Wildman–Crippen LogP) is 13.7. The van der Waals surface area contributed by atoms with Crippen LogP contribution in [0.4, 0.5) is 0 Å². The van der Waals surface area contributed by atoms with Gasteiger partial charge in [-0.25, -0.2) is 0 Å². The molecule has 1 aliphatic rings. The van der Waals surface area contributed by atoms with Gasteiger partial charge in [0, 0.05) is 19.4 Å². The van der Waals surface area contributed by atoms with Crippen molar-refractivity contribution in [2.24, 2.45) is 0 Å². The van der Waals surface area contributed by atoms with Crippen molar-refractivity contribution in [3.63, 3.8) is 0 Å². The number of hydrogen-bond donors (Lipinski definition) is 0. The third-order valence-electron chi connectivity index (χ3n) is 9.53. The van der Waals surface area contributed by atoms with Gasteiger partial charge in [-0.1, -0.05) is 140 Å². The minimum atomic E-state index is -0.475. The molecule has 0 aromatic heterocycles. The van der Waals surface area contributed by atoms with Gasteiger partial charge in [0.25, 0.3) is 5.79 Å². The summed E-state index contributed by atoms with van der Waals surface area (Å²) >= 11 is 0. The highest BCUT2D eigenvalue weighted by Crippen LogP contribution is 2.44. The second kappa shape index (κ2) is 27.9. The van der Waals surface area contributed by atoms with Crippen LogP contribution in [0.1, 0.15) is 180 Å². The molecule has 1 atom stereocenters. The molecule has 3 heteroatoms. The van der Waals surface area contributed by atoms with Crippen LogP contribution in [0.3, 0.4) is 0 Å². The molecule has 0 aliphatic carbocycles. The Labute approximate surface area is 292 Å². The molecule has 0 N–H and O–H groups in total. The molecule has 1 heterocycles. The van der Waals surface area contributed by atoms with E-state index in [2.05, 4.69) is 87.5 Å². The molecule has 268 valence electrons. The average molecular weight is 650 g/mol. The number of fused-ring (bicyclic) bond motifs is 1. The molecular weight excluding hydrogens is 574 g/mol. The Bertz CT molecular complexity index is 964. The standard InChI is InChI=1S/C44H75NO2/c1-5-7-9-11-13-15-17-19-21-23-25-27-29-31-33-38-44(46-42-35-34-41(36-39-45(3)4)40-43(42)47-44)37-32-30-28-26-24-22-20-18-16-14-12-10-8-6-2/h12,14,17-20,34-35,40H,5-11,13,15-16,21-33,36-39H2,1-4H3/b14-12+,19-17-,20-18+. The quantitative estimate of drug-likeness (QED) is 0.0590. The smallest absolute Gasteiger partial charge is 0.251 e. The lowest BCUT2D eigenvalue weighted by Crippen LogP contribution is -2.38. The summed E-state index contributed by atoms with van der Waals surface area (Å²) in [4.78, 5) is 2.24. The summed E-state index contributed by atoms with van der Waals surface area (Å²) < 4.78 is 13.4. The Morgan fingerprint density at radius 3 is 1.55 bits per heavy atom. The summed E-state index contributed by atoms with van der Waals surface area (Å²) in [6.45, 7) is 5.59. The topological polar surface area (TPSA) is 21.7 Å². The third-order valence-corrected chi connectivity index (χ3v) is 9.53. The Morgan fingerprint density at radius 2 is 1.00 bits per heavy atom. The van der Waals surface area contributed by atoms with Gasteiger partial charge in [0.05, 0.1) is 0 Å². The van der Waals surface area contributed by atoms with Gasteiger partial charge < -0.3 is 14.4 Å². The van der Waals surface area contributed by atoms with Crippen LogP contribution in [0.25, 0.3) is 0 Å². The van der Waals surface area contributed by atoms with E-state index in [1.165, 1.54) is 147 Å². The van der Waals surface area contributed by atoms with Gasteiger partial charge in [0.2, 0.25) is 0 Å². The fourth-order valence-corrected chi connectivity index (χ4v) is 6.46. The first-order valence-electron chi connectivity index (χ1n) is 20.2. The summed E-state index contributed by atoms with van der Waals surface area (Å²) in [5.41, 5.74) is 1.33. The number of hydrogen-bond acceptors (Lipinski definition) is 3. The van der Waals surface area contributed by atoms with E-state index < -0.39 is 5.79 Å². The molecule has 2 rings (SSSR count). The van der Waals surface area contributed by atoms with Crippen molar-refractivity contribution >= 4 is 0 Å². The van der Waals surface area contributed by atoms with Crippen LogP contribution in [-0.2, 0) is 6.42 Å². The molecule has 1 unspecified atom stereocenters. The Morgan fingerprint density at radius 1 is 0.532 bits per heavy atom. The zero-order chi connectivity index (χ0) is 33.7. The zero-order valence-electron chi connectivity index (χ0n) is 31.6. The number of likely N-dealkylation sites (N-methyl/N-ethyl adjacent to an activating group) is 1. The number of benzene rings is 1. The van der Waals surface area contributed by atoms with Crippen molar-refractivity contribution in [3.8, 4) is 11.5 Å². The zero-order valence-corrected chi connectivity index (χ0v) is 31.6. The molecule has 1 aromatic carbocycles. The molecular formula is C44H75NO2. The number of allylic oxidation sites excluding steroid dienone is 6. The van der Waals surface area contributed by atoms with Crippen LogP contribution < -0.4 is 9.47 Å². The highest BCUT2D eigenvalue weighted by atomic mass is 16.7. The fourth-order valence-electron chi connectivity index (χ4n) is 6.46.